The standard InChI is InChI=1S/C23H24N4O3/c1-29-17-12-15(13-18(14-17)30-2)8-10-24-22-19-9-11-25-23(28)20(19)26-21(27-22)16-6-4-3-5-7-16/h3-7,12-14H,8-11H2,1-2H3,(H,25,28)(H,24,26,27). The summed E-state index contributed by atoms with van der Waals surface area (Å²) in [5.41, 5.74) is 3.27. The number of ether oxygens (including phenoxy) is 2. The Morgan fingerprint density at radius 3 is 2.47 bits per heavy atom. The number of methoxy groups -OCH3 is 2. The van der Waals surface area contributed by atoms with E-state index in [1.54, 1.807) is 14.2 Å². The van der Waals surface area contributed by atoms with Crippen molar-refractivity contribution in [2.75, 3.05) is 32.6 Å². The third-order valence-electron chi connectivity index (χ3n) is 5.03. The molecule has 0 aliphatic carbocycles. The second kappa shape index (κ2) is 8.82. The van der Waals surface area contributed by atoms with Crippen molar-refractivity contribution in [3.63, 3.8) is 0 Å². The largest absolute Gasteiger partial charge is 0.497 e. The fraction of sp³-hybridized carbons (Fsp3) is 0.261. The highest BCUT2D eigenvalue weighted by Gasteiger charge is 2.24. The molecular weight excluding hydrogens is 380 g/mol. The Morgan fingerprint density at radius 2 is 1.77 bits per heavy atom. The number of nitrogens with zero attached hydrogens (tertiary/aromatic N) is 2. The number of rotatable bonds is 7. The normalized spacial score (nSPS) is 12.7. The molecule has 7 heteroatoms. The Balaban J connectivity index is 1.59. The lowest BCUT2D eigenvalue weighted by Gasteiger charge is -2.20. The minimum absolute atomic E-state index is 0.156. The highest BCUT2D eigenvalue weighted by atomic mass is 16.5. The lowest BCUT2D eigenvalue weighted by molar-refractivity contribution is 0.0940. The highest BCUT2D eigenvalue weighted by Crippen LogP contribution is 2.26. The summed E-state index contributed by atoms with van der Waals surface area (Å²) < 4.78 is 10.7. The first-order valence-electron chi connectivity index (χ1n) is 9.88. The average Bonchev–Trinajstić information content (AvgIpc) is 2.79. The Bertz CT molecular complexity index is 1030. The van der Waals surface area contributed by atoms with Gasteiger partial charge in [-0.25, -0.2) is 9.97 Å². The number of aromatic nitrogens is 2. The van der Waals surface area contributed by atoms with Crippen LogP contribution < -0.4 is 20.1 Å². The number of anilines is 1. The molecule has 2 aromatic carbocycles. The number of benzene rings is 2. The Labute approximate surface area is 175 Å². The predicted molar refractivity (Wildman–Crippen MR) is 115 cm³/mol. The number of carbonyl (C=O) groups is 1. The molecule has 0 radical (unpaired) electrons. The SMILES string of the molecule is COc1cc(CCNc2nc(-c3ccccc3)nc3c2CCNC3=O)cc(OC)c1. The van der Waals surface area contributed by atoms with E-state index in [1.165, 1.54) is 0 Å². The predicted octanol–water partition coefficient (Wildman–Crippen LogP) is 3.10. The van der Waals surface area contributed by atoms with Crippen LogP contribution in [0, 0.1) is 0 Å². The molecule has 0 bridgehead atoms. The molecule has 0 saturated carbocycles. The van der Waals surface area contributed by atoms with Crippen LogP contribution in [0.25, 0.3) is 11.4 Å². The topological polar surface area (TPSA) is 85.4 Å². The molecule has 0 atom stereocenters. The Kier molecular flexibility index (Phi) is 5.79. The number of carbonyl (C=O) groups excluding carboxylic acids is 1. The maximum Gasteiger partial charge on any atom is 0.270 e. The van der Waals surface area contributed by atoms with Crippen molar-refractivity contribution in [2.24, 2.45) is 0 Å². The molecule has 0 spiro atoms. The molecule has 2 N–H and O–H groups in total. The molecule has 3 aromatic rings. The van der Waals surface area contributed by atoms with Crippen LogP contribution in [-0.4, -0.2) is 43.2 Å². The zero-order valence-electron chi connectivity index (χ0n) is 17.1. The molecule has 1 amide bonds. The van der Waals surface area contributed by atoms with E-state index in [9.17, 15) is 4.79 Å². The molecule has 2 heterocycles. The quantitative estimate of drug-likeness (QED) is 0.629. The van der Waals surface area contributed by atoms with Crippen molar-refractivity contribution in [3.8, 4) is 22.9 Å². The van der Waals surface area contributed by atoms with Gasteiger partial charge in [0, 0.05) is 30.3 Å². The first kappa shape index (κ1) is 19.7. The van der Waals surface area contributed by atoms with E-state index in [4.69, 9.17) is 14.5 Å². The molecular formula is C23H24N4O3. The van der Waals surface area contributed by atoms with Gasteiger partial charge in [0.2, 0.25) is 0 Å². The van der Waals surface area contributed by atoms with Crippen LogP contribution in [0.1, 0.15) is 21.6 Å². The van der Waals surface area contributed by atoms with Gasteiger partial charge in [-0.2, -0.15) is 0 Å². The van der Waals surface area contributed by atoms with Crippen molar-refractivity contribution in [2.45, 2.75) is 12.8 Å². The van der Waals surface area contributed by atoms with Crippen molar-refractivity contribution in [3.05, 3.63) is 65.4 Å². The van der Waals surface area contributed by atoms with Crippen molar-refractivity contribution in [1.29, 1.82) is 0 Å². The number of amides is 1. The minimum atomic E-state index is -0.156. The van der Waals surface area contributed by atoms with Crippen molar-refractivity contribution < 1.29 is 14.3 Å². The zero-order chi connectivity index (χ0) is 20.9. The van der Waals surface area contributed by atoms with E-state index in [0.29, 0.717) is 36.8 Å². The summed E-state index contributed by atoms with van der Waals surface area (Å²) in [6.07, 6.45) is 1.45. The van der Waals surface area contributed by atoms with E-state index in [0.717, 1.165) is 34.6 Å². The third-order valence-corrected chi connectivity index (χ3v) is 5.03. The fourth-order valence-electron chi connectivity index (χ4n) is 3.49. The van der Waals surface area contributed by atoms with E-state index in [2.05, 4.69) is 15.6 Å². The molecule has 4 rings (SSSR count). The van der Waals surface area contributed by atoms with Gasteiger partial charge in [-0.05, 0) is 30.5 Å². The number of hydrogen-bond acceptors (Lipinski definition) is 6. The number of hydrogen-bond donors (Lipinski definition) is 2. The lowest BCUT2D eigenvalue weighted by atomic mass is 10.1. The third kappa shape index (κ3) is 4.20. The Morgan fingerprint density at radius 1 is 1.03 bits per heavy atom. The first-order valence-corrected chi connectivity index (χ1v) is 9.88. The van der Waals surface area contributed by atoms with E-state index in [-0.39, 0.29) is 5.91 Å². The van der Waals surface area contributed by atoms with Gasteiger partial charge in [0.1, 0.15) is 23.0 Å². The molecule has 154 valence electrons. The van der Waals surface area contributed by atoms with Crippen LogP contribution in [0.2, 0.25) is 0 Å². The first-order chi connectivity index (χ1) is 14.7. The Hall–Kier alpha value is -3.61. The van der Waals surface area contributed by atoms with Crippen LogP contribution in [0.5, 0.6) is 11.5 Å². The molecule has 0 unspecified atom stereocenters. The minimum Gasteiger partial charge on any atom is -0.497 e. The average molecular weight is 404 g/mol. The van der Waals surface area contributed by atoms with Crippen molar-refractivity contribution >= 4 is 11.7 Å². The maximum absolute atomic E-state index is 12.4. The summed E-state index contributed by atoms with van der Waals surface area (Å²) in [4.78, 5) is 21.7. The fourth-order valence-corrected chi connectivity index (χ4v) is 3.49. The van der Waals surface area contributed by atoms with E-state index < -0.39 is 0 Å². The lowest BCUT2D eigenvalue weighted by Crippen LogP contribution is -2.34. The van der Waals surface area contributed by atoms with Crippen LogP contribution in [-0.2, 0) is 12.8 Å². The molecule has 7 nitrogen and oxygen atoms in total. The van der Waals surface area contributed by atoms with E-state index >= 15 is 0 Å². The molecule has 1 aliphatic heterocycles. The van der Waals surface area contributed by atoms with Gasteiger partial charge >= 0.3 is 0 Å². The van der Waals surface area contributed by atoms with Crippen molar-refractivity contribution in [1.82, 2.24) is 15.3 Å². The second-order valence-electron chi connectivity index (χ2n) is 6.99. The zero-order valence-corrected chi connectivity index (χ0v) is 17.1. The van der Waals surface area contributed by atoms with Crippen LogP contribution >= 0.6 is 0 Å². The van der Waals surface area contributed by atoms with Gasteiger partial charge in [-0.1, -0.05) is 30.3 Å². The maximum atomic E-state index is 12.4. The summed E-state index contributed by atoms with van der Waals surface area (Å²) >= 11 is 0. The summed E-state index contributed by atoms with van der Waals surface area (Å²) in [6.45, 7) is 1.23. The van der Waals surface area contributed by atoms with Gasteiger partial charge in [0.25, 0.3) is 5.91 Å². The van der Waals surface area contributed by atoms with Gasteiger partial charge in [0.15, 0.2) is 5.82 Å². The highest BCUT2D eigenvalue weighted by molar-refractivity contribution is 5.96. The molecule has 1 aliphatic rings. The van der Waals surface area contributed by atoms with Gasteiger partial charge in [-0.15, -0.1) is 0 Å². The van der Waals surface area contributed by atoms with Crippen LogP contribution in [0.3, 0.4) is 0 Å². The monoisotopic (exact) mass is 404 g/mol. The smallest absolute Gasteiger partial charge is 0.270 e. The van der Waals surface area contributed by atoms with Gasteiger partial charge in [0.05, 0.1) is 14.2 Å². The summed E-state index contributed by atoms with van der Waals surface area (Å²) in [5.74, 6) is 2.61. The second-order valence-corrected chi connectivity index (χ2v) is 6.99. The number of nitrogens with one attached hydrogen (secondary N) is 2. The van der Waals surface area contributed by atoms with Gasteiger partial charge < -0.3 is 20.1 Å². The van der Waals surface area contributed by atoms with Crippen LogP contribution in [0.4, 0.5) is 5.82 Å². The van der Waals surface area contributed by atoms with Crippen LogP contribution in [0.15, 0.2) is 48.5 Å². The number of fused-ring (bicyclic) bond motifs is 1. The molecule has 0 fully saturated rings. The molecule has 1 aromatic heterocycles. The summed E-state index contributed by atoms with van der Waals surface area (Å²) in [6, 6.07) is 15.5. The van der Waals surface area contributed by atoms with E-state index in [1.807, 2.05) is 48.5 Å². The summed E-state index contributed by atoms with van der Waals surface area (Å²) in [7, 11) is 3.28. The van der Waals surface area contributed by atoms with Gasteiger partial charge in [-0.3, -0.25) is 4.79 Å². The molecule has 0 saturated heterocycles. The molecule has 30 heavy (non-hydrogen) atoms. The summed E-state index contributed by atoms with van der Waals surface area (Å²) in [5, 5.41) is 6.28.